The third-order valence-electron chi connectivity index (χ3n) is 3.08. The van der Waals surface area contributed by atoms with Crippen molar-refractivity contribution in [1.82, 2.24) is 15.5 Å². The highest BCUT2D eigenvalue weighted by molar-refractivity contribution is 8.01. The summed E-state index contributed by atoms with van der Waals surface area (Å²) in [5.41, 5.74) is 1.19. The van der Waals surface area contributed by atoms with Crippen molar-refractivity contribution in [3.8, 4) is 5.75 Å². The number of aryl methyl sites for hydroxylation is 1. The summed E-state index contributed by atoms with van der Waals surface area (Å²) in [4.78, 5) is 1.17. The Hall–Kier alpha value is -1.11. The van der Waals surface area contributed by atoms with E-state index in [1.54, 1.807) is 30.2 Å². The van der Waals surface area contributed by atoms with Crippen LogP contribution in [0.3, 0.4) is 0 Å². The molecule has 1 aromatic heterocycles. The van der Waals surface area contributed by atoms with Gasteiger partial charge in [0, 0.05) is 16.5 Å². The number of nitrogens with zero attached hydrogens (tertiary/aromatic N) is 2. The van der Waals surface area contributed by atoms with Crippen LogP contribution in [-0.2, 0) is 0 Å². The van der Waals surface area contributed by atoms with Gasteiger partial charge in [-0.05, 0) is 38.9 Å². The number of methoxy groups -OCH3 is 1. The molecule has 4 nitrogen and oxygen atoms in total. The van der Waals surface area contributed by atoms with Crippen LogP contribution >= 0.6 is 23.1 Å². The fourth-order valence-electron chi connectivity index (χ4n) is 2.09. The molecule has 0 saturated carbocycles. The first-order valence-electron chi connectivity index (χ1n) is 7.04. The maximum atomic E-state index is 5.54. The molecule has 0 bridgehead atoms. The smallest absolute Gasteiger partial charge is 0.179 e. The minimum atomic E-state index is 0.234. The van der Waals surface area contributed by atoms with Gasteiger partial charge in [-0.25, -0.2) is 0 Å². The van der Waals surface area contributed by atoms with Crippen LogP contribution in [-0.4, -0.2) is 23.9 Å². The van der Waals surface area contributed by atoms with Crippen molar-refractivity contribution in [3.63, 3.8) is 0 Å². The molecule has 0 saturated heterocycles. The van der Waals surface area contributed by atoms with E-state index in [1.807, 2.05) is 19.1 Å². The molecule has 2 aromatic rings. The van der Waals surface area contributed by atoms with Gasteiger partial charge in [0.05, 0.1) is 7.11 Å². The van der Waals surface area contributed by atoms with Gasteiger partial charge < -0.3 is 10.1 Å². The second kappa shape index (κ2) is 7.77. The van der Waals surface area contributed by atoms with Crippen LogP contribution in [0.4, 0.5) is 0 Å². The van der Waals surface area contributed by atoms with Crippen molar-refractivity contribution >= 4 is 23.1 Å². The lowest BCUT2D eigenvalue weighted by Crippen LogP contribution is -2.20. The molecule has 1 N–H and O–H groups in total. The van der Waals surface area contributed by atoms with E-state index in [4.69, 9.17) is 4.74 Å². The van der Waals surface area contributed by atoms with E-state index in [0.717, 1.165) is 28.1 Å². The number of hydrogen-bond acceptors (Lipinski definition) is 6. The molecule has 6 heteroatoms. The maximum Gasteiger partial charge on any atom is 0.179 e. The molecule has 21 heavy (non-hydrogen) atoms. The Balaban J connectivity index is 2.30. The van der Waals surface area contributed by atoms with E-state index < -0.39 is 0 Å². The molecule has 0 radical (unpaired) electrons. The summed E-state index contributed by atoms with van der Waals surface area (Å²) in [6.07, 6.45) is 1.11. The molecule has 114 valence electrons. The fraction of sp³-hybridized carbons (Fsp3) is 0.467. The van der Waals surface area contributed by atoms with E-state index in [1.165, 1.54) is 10.5 Å². The van der Waals surface area contributed by atoms with Gasteiger partial charge in [0.1, 0.15) is 10.8 Å². The second-order valence-electron chi connectivity index (χ2n) is 4.74. The maximum absolute atomic E-state index is 5.54. The summed E-state index contributed by atoms with van der Waals surface area (Å²) < 4.78 is 6.51. The monoisotopic (exact) mass is 323 g/mol. The van der Waals surface area contributed by atoms with Crippen molar-refractivity contribution in [2.75, 3.05) is 13.7 Å². The van der Waals surface area contributed by atoms with Crippen LogP contribution in [0.2, 0.25) is 0 Å². The summed E-state index contributed by atoms with van der Waals surface area (Å²) in [6.45, 7) is 7.30. The molecule has 0 aliphatic rings. The molecule has 1 aromatic carbocycles. The molecule has 0 aliphatic heterocycles. The quantitative estimate of drug-likeness (QED) is 0.832. The lowest BCUT2D eigenvalue weighted by molar-refractivity contribution is 0.399. The van der Waals surface area contributed by atoms with Gasteiger partial charge in [-0.1, -0.05) is 36.1 Å². The highest BCUT2D eigenvalue weighted by Gasteiger charge is 2.17. The van der Waals surface area contributed by atoms with Crippen LogP contribution in [0.15, 0.2) is 27.4 Å². The average Bonchev–Trinajstić information content (AvgIpc) is 2.89. The third kappa shape index (κ3) is 4.18. The largest absolute Gasteiger partial charge is 0.496 e. The van der Waals surface area contributed by atoms with E-state index in [-0.39, 0.29) is 6.04 Å². The molecular formula is C15H21N3OS2. The van der Waals surface area contributed by atoms with Gasteiger partial charge in [-0.15, -0.1) is 10.2 Å². The van der Waals surface area contributed by atoms with Crippen LogP contribution in [0.1, 0.15) is 36.9 Å². The Morgan fingerprint density at radius 3 is 2.81 bits per heavy atom. The van der Waals surface area contributed by atoms with Crippen LogP contribution < -0.4 is 10.1 Å². The highest BCUT2D eigenvalue weighted by atomic mass is 32.2. The highest BCUT2D eigenvalue weighted by Crippen LogP contribution is 2.39. The topological polar surface area (TPSA) is 47.0 Å². The Morgan fingerprint density at radius 2 is 2.19 bits per heavy atom. The molecule has 2 rings (SSSR count). The van der Waals surface area contributed by atoms with E-state index in [2.05, 4.69) is 35.4 Å². The minimum absolute atomic E-state index is 0.234. The Kier molecular flexibility index (Phi) is 6.02. The van der Waals surface area contributed by atoms with Gasteiger partial charge in [-0.3, -0.25) is 0 Å². The van der Waals surface area contributed by atoms with Crippen LogP contribution in [0.5, 0.6) is 5.75 Å². The lowest BCUT2D eigenvalue weighted by Gasteiger charge is -2.20. The van der Waals surface area contributed by atoms with Crippen molar-refractivity contribution in [3.05, 3.63) is 28.8 Å². The zero-order valence-electron chi connectivity index (χ0n) is 12.8. The molecule has 1 unspecified atom stereocenters. The van der Waals surface area contributed by atoms with Crippen molar-refractivity contribution < 1.29 is 4.74 Å². The van der Waals surface area contributed by atoms with Gasteiger partial charge in [0.25, 0.3) is 0 Å². The molecule has 0 aliphatic carbocycles. The SMILES string of the molecule is CCCNC(C)c1c(OC)cccc1Sc1nnc(C)s1. The summed E-state index contributed by atoms with van der Waals surface area (Å²) >= 11 is 3.27. The minimum Gasteiger partial charge on any atom is -0.496 e. The fourth-order valence-corrected chi connectivity index (χ4v) is 4.11. The van der Waals surface area contributed by atoms with Gasteiger partial charge in [-0.2, -0.15) is 0 Å². The lowest BCUT2D eigenvalue weighted by atomic mass is 10.1. The number of aromatic nitrogens is 2. The molecular weight excluding hydrogens is 302 g/mol. The first kappa shape index (κ1) is 16.3. The Morgan fingerprint density at radius 1 is 1.38 bits per heavy atom. The first-order valence-corrected chi connectivity index (χ1v) is 8.67. The standard InChI is InChI=1S/C15H21N3OS2/c1-5-9-16-10(2)14-12(19-4)7-6-8-13(14)21-15-18-17-11(3)20-15/h6-8,10,16H,5,9H2,1-4H3. The predicted molar refractivity (Wildman–Crippen MR) is 88.5 cm³/mol. The number of benzene rings is 1. The molecule has 0 spiro atoms. The predicted octanol–water partition coefficient (Wildman–Crippen LogP) is 4.07. The number of rotatable bonds is 7. The molecule has 1 atom stereocenters. The normalized spacial score (nSPS) is 12.4. The Bertz CT molecular complexity index is 586. The van der Waals surface area contributed by atoms with Gasteiger partial charge >= 0.3 is 0 Å². The second-order valence-corrected chi connectivity index (χ2v) is 7.21. The van der Waals surface area contributed by atoms with E-state index in [9.17, 15) is 0 Å². The summed E-state index contributed by atoms with van der Waals surface area (Å²) in [5, 5.41) is 12.8. The Labute approximate surface area is 134 Å². The zero-order chi connectivity index (χ0) is 15.2. The summed E-state index contributed by atoms with van der Waals surface area (Å²) in [7, 11) is 1.72. The van der Waals surface area contributed by atoms with Crippen molar-refractivity contribution in [1.29, 1.82) is 0 Å². The summed E-state index contributed by atoms with van der Waals surface area (Å²) in [5.74, 6) is 0.914. The van der Waals surface area contributed by atoms with Gasteiger partial charge in [0.15, 0.2) is 4.34 Å². The molecule has 0 fully saturated rings. The summed E-state index contributed by atoms with van der Waals surface area (Å²) in [6, 6.07) is 6.38. The van der Waals surface area contributed by atoms with E-state index in [0.29, 0.717) is 0 Å². The number of ether oxygens (including phenoxy) is 1. The van der Waals surface area contributed by atoms with Gasteiger partial charge in [0.2, 0.25) is 0 Å². The zero-order valence-corrected chi connectivity index (χ0v) is 14.5. The average molecular weight is 323 g/mol. The molecule has 0 amide bonds. The van der Waals surface area contributed by atoms with Crippen molar-refractivity contribution in [2.24, 2.45) is 0 Å². The van der Waals surface area contributed by atoms with Crippen LogP contribution in [0.25, 0.3) is 0 Å². The number of nitrogens with one attached hydrogen (secondary N) is 1. The van der Waals surface area contributed by atoms with E-state index >= 15 is 0 Å². The van der Waals surface area contributed by atoms with Crippen LogP contribution in [0, 0.1) is 6.92 Å². The molecule has 1 heterocycles. The first-order chi connectivity index (χ1) is 10.2. The number of hydrogen-bond donors (Lipinski definition) is 1. The third-order valence-corrected chi connectivity index (χ3v) is 5.05. The van der Waals surface area contributed by atoms with Crippen molar-refractivity contribution in [2.45, 2.75) is 42.5 Å².